The minimum atomic E-state index is -0.486. The molecular formula is C15H16ClN5O3. The molecule has 2 aromatic heterocycles. The van der Waals surface area contributed by atoms with Crippen molar-refractivity contribution in [2.45, 2.75) is 24.9 Å². The maximum atomic E-state index is 12.7. The molecule has 2 aliphatic heterocycles. The van der Waals surface area contributed by atoms with Gasteiger partial charge in [-0.2, -0.15) is 0 Å². The number of ether oxygens (including phenoxy) is 1. The van der Waals surface area contributed by atoms with Crippen molar-refractivity contribution < 1.29 is 14.3 Å². The van der Waals surface area contributed by atoms with Gasteiger partial charge in [0.25, 0.3) is 5.91 Å². The van der Waals surface area contributed by atoms with Crippen molar-refractivity contribution in [3.63, 3.8) is 0 Å². The van der Waals surface area contributed by atoms with Crippen LogP contribution in [0.3, 0.4) is 0 Å². The number of nitrogens with zero attached hydrogens (tertiary/aromatic N) is 4. The average molecular weight is 350 g/mol. The monoisotopic (exact) mass is 349 g/mol. The highest BCUT2D eigenvalue weighted by Crippen LogP contribution is 2.29. The van der Waals surface area contributed by atoms with Crippen LogP contribution in [-0.4, -0.2) is 56.5 Å². The Labute approximate surface area is 142 Å². The van der Waals surface area contributed by atoms with Crippen LogP contribution in [-0.2, 0) is 4.74 Å². The first-order valence-corrected chi connectivity index (χ1v) is 8.19. The van der Waals surface area contributed by atoms with Crippen molar-refractivity contribution in [3.8, 4) is 0 Å². The van der Waals surface area contributed by atoms with E-state index in [1.54, 1.807) is 21.7 Å². The van der Waals surface area contributed by atoms with Gasteiger partial charge in [-0.25, -0.2) is 14.8 Å². The number of alkyl carbamates (subject to hydrolysis) is 1. The SMILES string of the molecule is O=C1NC[C@]2(CCCN(C(=O)c3cn4cc(Cl)cnc4n3)CC2)O1. The molecule has 2 fully saturated rings. The number of fused-ring (bicyclic) bond motifs is 1. The molecular weight excluding hydrogens is 334 g/mol. The highest BCUT2D eigenvalue weighted by atomic mass is 35.5. The molecule has 9 heteroatoms. The standard InChI is InChI=1S/C15H16ClN5O3/c16-10-6-17-13-19-11(8-21(13)7-10)12(22)20-4-1-2-15(3-5-20)9-18-14(23)24-15/h6-8H,1-5,9H2,(H,18,23)/t15-/m1/s1. The van der Waals surface area contributed by atoms with Crippen molar-refractivity contribution in [3.05, 3.63) is 29.3 Å². The summed E-state index contributed by atoms with van der Waals surface area (Å²) in [6, 6.07) is 0. The Morgan fingerprint density at radius 1 is 1.33 bits per heavy atom. The van der Waals surface area contributed by atoms with E-state index in [0.717, 1.165) is 12.8 Å². The number of imidazole rings is 1. The highest BCUT2D eigenvalue weighted by Gasteiger charge is 2.42. The Kier molecular flexibility index (Phi) is 3.56. The lowest BCUT2D eigenvalue weighted by Gasteiger charge is -2.24. The van der Waals surface area contributed by atoms with Crippen LogP contribution in [0.25, 0.3) is 5.78 Å². The minimum Gasteiger partial charge on any atom is -0.441 e. The number of carbonyl (C=O) groups excluding carboxylic acids is 2. The fraction of sp³-hybridized carbons (Fsp3) is 0.467. The molecule has 1 N–H and O–H groups in total. The summed E-state index contributed by atoms with van der Waals surface area (Å²) in [6.07, 6.45) is 6.56. The van der Waals surface area contributed by atoms with E-state index in [2.05, 4.69) is 15.3 Å². The van der Waals surface area contributed by atoms with Crippen molar-refractivity contribution in [2.24, 2.45) is 0 Å². The third kappa shape index (κ3) is 2.66. The van der Waals surface area contributed by atoms with Gasteiger partial charge in [-0.3, -0.25) is 9.20 Å². The van der Waals surface area contributed by atoms with Crippen LogP contribution in [0.2, 0.25) is 5.02 Å². The summed E-state index contributed by atoms with van der Waals surface area (Å²) < 4.78 is 7.07. The molecule has 0 unspecified atom stereocenters. The lowest BCUT2D eigenvalue weighted by molar-refractivity contribution is 0.0438. The van der Waals surface area contributed by atoms with E-state index in [-0.39, 0.29) is 12.0 Å². The number of hydrogen-bond donors (Lipinski definition) is 1. The quantitative estimate of drug-likeness (QED) is 0.842. The topological polar surface area (TPSA) is 88.8 Å². The van der Waals surface area contributed by atoms with E-state index >= 15 is 0 Å². The molecule has 2 aliphatic rings. The number of amides is 2. The van der Waals surface area contributed by atoms with E-state index in [1.165, 1.54) is 6.20 Å². The zero-order valence-electron chi connectivity index (χ0n) is 12.9. The molecule has 4 heterocycles. The second-order valence-electron chi connectivity index (χ2n) is 6.18. The Hall–Kier alpha value is -2.35. The minimum absolute atomic E-state index is 0.147. The molecule has 4 rings (SSSR count). The number of hydrogen-bond acceptors (Lipinski definition) is 5. The normalized spacial score (nSPS) is 24.0. The van der Waals surface area contributed by atoms with E-state index in [4.69, 9.17) is 16.3 Å². The van der Waals surface area contributed by atoms with Gasteiger partial charge >= 0.3 is 6.09 Å². The summed E-state index contributed by atoms with van der Waals surface area (Å²) >= 11 is 5.91. The van der Waals surface area contributed by atoms with Crippen LogP contribution in [0.5, 0.6) is 0 Å². The van der Waals surface area contributed by atoms with Gasteiger partial charge in [-0.05, 0) is 12.8 Å². The molecule has 0 aliphatic carbocycles. The predicted molar refractivity (Wildman–Crippen MR) is 85.0 cm³/mol. The zero-order chi connectivity index (χ0) is 16.7. The zero-order valence-corrected chi connectivity index (χ0v) is 13.6. The van der Waals surface area contributed by atoms with Crippen molar-refractivity contribution in [1.82, 2.24) is 24.6 Å². The predicted octanol–water partition coefficient (Wildman–Crippen LogP) is 1.49. The Bertz CT molecular complexity index is 823. The Morgan fingerprint density at radius 3 is 3.00 bits per heavy atom. The molecule has 126 valence electrons. The van der Waals surface area contributed by atoms with Crippen LogP contribution >= 0.6 is 11.6 Å². The van der Waals surface area contributed by atoms with Gasteiger partial charge in [0.15, 0.2) is 0 Å². The van der Waals surface area contributed by atoms with E-state index < -0.39 is 5.60 Å². The summed E-state index contributed by atoms with van der Waals surface area (Å²) in [5.74, 6) is 0.286. The van der Waals surface area contributed by atoms with Gasteiger partial charge in [0.1, 0.15) is 11.3 Å². The van der Waals surface area contributed by atoms with Gasteiger partial charge in [0, 0.05) is 31.9 Å². The molecule has 2 saturated heterocycles. The van der Waals surface area contributed by atoms with E-state index in [1.807, 2.05) is 0 Å². The lowest BCUT2D eigenvalue weighted by atomic mass is 9.95. The molecule has 2 aromatic rings. The molecule has 0 saturated carbocycles. The Morgan fingerprint density at radius 2 is 2.21 bits per heavy atom. The summed E-state index contributed by atoms with van der Waals surface area (Å²) in [4.78, 5) is 34.2. The third-order valence-corrected chi connectivity index (χ3v) is 4.74. The van der Waals surface area contributed by atoms with Gasteiger partial charge in [-0.15, -0.1) is 0 Å². The van der Waals surface area contributed by atoms with Crippen LogP contribution in [0.1, 0.15) is 29.8 Å². The van der Waals surface area contributed by atoms with Crippen molar-refractivity contribution in [1.29, 1.82) is 0 Å². The molecule has 1 spiro atoms. The smallest absolute Gasteiger partial charge is 0.407 e. The first-order chi connectivity index (χ1) is 11.5. The molecule has 24 heavy (non-hydrogen) atoms. The third-order valence-electron chi connectivity index (χ3n) is 4.55. The highest BCUT2D eigenvalue weighted by molar-refractivity contribution is 6.30. The number of likely N-dealkylation sites (tertiary alicyclic amines) is 1. The summed E-state index contributed by atoms with van der Waals surface area (Å²) in [5, 5.41) is 3.18. The van der Waals surface area contributed by atoms with Crippen LogP contribution < -0.4 is 5.32 Å². The number of rotatable bonds is 1. The molecule has 0 bridgehead atoms. The second-order valence-corrected chi connectivity index (χ2v) is 6.61. The van der Waals surface area contributed by atoms with Gasteiger partial charge in [0.05, 0.1) is 17.8 Å². The number of halogens is 1. The first-order valence-electron chi connectivity index (χ1n) is 7.81. The second kappa shape index (κ2) is 5.62. The lowest BCUT2D eigenvalue weighted by Crippen LogP contribution is -2.36. The first kappa shape index (κ1) is 15.2. The fourth-order valence-electron chi connectivity index (χ4n) is 3.28. The molecule has 8 nitrogen and oxygen atoms in total. The average Bonchev–Trinajstić information content (AvgIpc) is 3.06. The molecule has 0 radical (unpaired) electrons. The van der Waals surface area contributed by atoms with Gasteiger partial charge in [-0.1, -0.05) is 11.6 Å². The van der Waals surface area contributed by atoms with Crippen LogP contribution in [0.15, 0.2) is 18.6 Å². The van der Waals surface area contributed by atoms with Gasteiger partial charge < -0.3 is 15.0 Å². The van der Waals surface area contributed by atoms with Crippen LogP contribution in [0.4, 0.5) is 4.79 Å². The largest absolute Gasteiger partial charge is 0.441 e. The molecule has 0 aromatic carbocycles. The summed E-state index contributed by atoms with van der Waals surface area (Å²) in [7, 11) is 0. The van der Waals surface area contributed by atoms with Crippen LogP contribution in [0, 0.1) is 0 Å². The van der Waals surface area contributed by atoms with E-state index in [9.17, 15) is 9.59 Å². The van der Waals surface area contributed by atoms with Crippen molar-refractivity contribution in [2.75, 3.05) is 19.6 Å². The van der Waals surface area contributed by atoms with E-state index in [0.29, 0.717) is 42.5 Å². The maximum Gasteiger partial charge on any atom is 0.407 e. The molecule has 2 amide bonds. The molecule has 1 atom stereocenters. The summed E-state index contributed by atoms with van der Waals surface area (Å²) in [6.45, 7) is 1.64. The van der Waals surface area contributed by atoms with Gasteiger partial charge in [0.2, 0.25) is 5.78 Å². The Balaban J connectivity index is 1.52. The maximum absolute atomic E-state index is 12.7. The number of carbonyl (C=O) groups is 2. The summed E-state index contributed by atoms with van der Waals surface area (Å²) in [5.41, 5.74) is -0.151. The van der Waals surface area contributed by atoms with Crippen molar-refractivity contribution >= 4 is 29.4 Å². The number of aromatic nitrogens is 3. The number of nitrogens with one attached hydrogen (secondary N) is 1. The fourth-order valence-corrected chi connectivity index (χ4v) is 3.43.